The van der Waals surface area contributed by atoms with Gasteiger partial charge in [-0.15, -0.1) is 0 Å². The number of rotatable bonds is 4. The van der Waals surface area contributed by atoms with E-state index in [2.05, 4.69) is 36.0 Å². The summed E-state index contributed by atoms with van der Waals surface area (Å²) < 4.78 is 0. The molecule has 2 heterocycles. The molecule has 0 aliphatic carbocycles. The Morgan fingerprint density at radius 1 is 1.11 bits per heavy atom. The van der Waals surface area contributed by atoms with Gasteiger partial charge >= 0.3 is 0 Å². The SMILES string of the molecule is CCCNc1nc(N2CCCCC2)nc(C)c1C. The first-order chi connectivity index (χ1) is 8.72. The van der Waals surface area contributed by atoms with E-state index in [1.54, 1.807) is 0 Å². The number of aryl methyl sites for hydroxylation is 1. The molecule has 1 saturated heterocycles. The second-order valence-electron chi connectivity index (χ2n) is 5.06. The van der Waals surface area contributed by atoms with E-state index in [1.807, 2.05) is 0 Å². The molecule has 0 spiro atoms. The number of nitrogens with zero attached hydrogens (tertiary/aromatic N) is 3. The molecule has 0 amide bonds. The van der Waals surface area contributed by atoms with Crippen molar-refractivity contribution in [2.75, 3.05) is 29.9 Å². The number of hydrogen-bond acceptors (Lipinski definition) is 4. The molecule has 2 rings (SSSR count). The highest BCUT2D eigenvalue weighted by molar-refractivity contribution is 5.50. The maximum atomic E-state index is 4.70. The topological polar surface area (TPSA) is 41.1 Å². The van der Waals surface area contributed by atoms with Gasteiger partial charge in [0.2, 0.25) is 5.95 Å². The fourth-order valence-corrected chi connectivity index (χ4v) is 2.26. The van der Waals surface area contributed by atoms with Gasteiger partial charge in [-0.05, 0) is 39.5 Å². The van der Waals surface area contributed by atoms with Crippen LogP contribution < -0.4 is 10.2 Å². The van der Waals surface area contributed by atoms with Crippen molar-refractivity contribution in [3.8, 4) is 0 Å². The molecule has 0 bridgehead atoms. The molecule has 100 valence electrons. The van der Waals surface area contributed by atoms with Crippen LogP contribution in [0.1, 0.15) is 43.9 Å². The number of anilines is 2. The van der Waals surface area contributed by atoms with Crippen LogP contribution in [-0.2, 0) is 0 Å². The van der Waals surface area contributed by atoms with Crippen molar-refractivity contribution in [1.29, 1.82) is 0 Å². The Morgan fingerprint density at radius 2 is 1.83 bits per heavy atom. The van der Waals surface area contributed by atoms with Crippen molar-refractivity contribution in [2.24, 2.45) is 0 Å². The largest absolute Gasteiger partial charge is 0.370 e. The quantitative estimate of drug-likeness (QED) is 0.889. The Morgan fingerprint density at radius 3 is 2.50 bits per heavy atom. The smallest absolute Gasteiger partial charge is 0.227 e. The van der Waals surface area contributed by atoms with E-state index in [0.29, 0.717) is 0 Å². The molecule has 1 aliphatic heterocycles. The highest BCUT2D eigenvalue weighted by atomic mass is 15.3. The fourth-order valence-electron chi connectivity index (χ4n) is 2.26. The van der Waals surface area contributed by atoms with Crippen molar-refractivity contribution >= 4 is 11.8 Å². The molecule has 1 fully saturated rings. The van der Waals surface area contributed by atoms with Crippen LogP contribution in [0.4, 0.5) is 11.8 Å². The zero-order valence-corrected chi connectivity index (χ0v) is 11.8. The van der Waals surface area contributed by atoms with Crippen LogP contribution in [0.3, 0.4) is 0 Å². The summed E-state index contributed by atoms with van der Waals surface area (Å²) in [6.45, 7) is 9.49. The highest BCUT2D eigenvalue weighted by Crippen LogP contribution is 2.21. The van der Waals surface area contributed by atoms with Crippen LogP contribution in [0.5, 0.6) is 0 Å². The van der Waals surface area contributed by atoms with Gasteiger partial charge in [0.1, 0.15) is 5.82 Å². The summed E-state index contributed by atoms with van der Waals surface area (Å²) in [5, 5.41) is 3.41. The zero-order valence-electron chi connectivity index (χ0n) is 11.8. The molecule has 1 aromatic heterocycles. The van der Waals surface area contributed by atoms with E-state index in [-0.39, 0.29) is 0 Å². The molecule has 0 aromatic carbocycles. The summed E-state index contributed by atoms with van der Waals surface area (Å²) in [5.41, 5.74) is 2.26. The van der Waals surface area contributed by atoms with Crippen molar-refractivity contribution in [2.45, 2.75) is 46.5 Å². The molecule has 1 N–H and O–H groups in total. The third-order valence-electron chi connectivity index (χ3n) is 3.56. The van der Waals surface area contributed by atoms with Crippen molar-refractivity contribution in [3.05, 3.63) is 11.3 Å². The Labute approximate surface area is 110 Å². The lowest BCUT2D eigenvalue weighted by molar-refractivity contribution is 0.567. The van der Waals surface area contributed by atoms with Crippen LogP contribution in [0.25, 0.3) is 0 Å². The molecule has 0 radical (unpaired) electrons. The van der Waals surface area contributed by atoms with E-state index in [1.165, 1.54) is 24.8 Å². The predicted octanol–water partition coefficient (Wildman–Crippen LogP) is 2.91. The van der Waals surface area contributed by atoms with Gasteiger partial charge in [0.05, 0.1) is 0 Å². The van der Waals surface area contributed by atoms with Gasteiger partial charge in [-0.2, -0.15) is 4.98 Å². The van der Waals surface area contributed by atoms with Crippen LogP contribution in [0, 0.1) is 13.8 Å². The van der Waals surface area contributed by atoms with Crippen LogP contribution in [-0.4, -0.2) is 29.6 Å². The van der Waals surface area contributed by atoms with Crippen LogP contribution >= 0.6 is 0 Å². The summed E-state index contributed by atoms with van der Waals surface area (Å²) in [5.74, 6) is 1.90. The second-order valence-corrected chi connectivity index (χ2v) is 5.06. The van der Waals surface area contributed by atoms with Gasteiger partial charge in [0, 0.05) is 30.9 Å². The summed E-state index contributed by atoms with van der Waals surface area (Å²) in [6, 6.07) is 0. The molecule has 0 unspecified atom stereocenters. The van der Waals surface area contributed by atoms with Crippen LogP contribution in [0.15, 0.2) is 0 Å². The van der Waals surface area contributed by atoms with Gasteiger partial charge in [0.15, 0.2) is 0 Å². The van der Waals surface area contributed by atoms with Gasteiger partial charge < -0.3 is 10.2 Å². The molecular weight excluding hydrogens is 224 g/mol. The lowest BCUT2D eigenvalue weighted by Crippen LogP contribution is -2.31. The van der Waals surface area contributed by atoms with Crippen molar-refractivity contribution in [3.63, 3.8) is 0 Å². The first-order valence-electron chi connectivity index (χ1n) is 7.06. The number of piperidine rings is 1. The number of nitrogens with one attached hydrogen (secondary N) is 1. The summed E-state index contributed by atoms with van der Waals surface area (Å²) >= 11 is 0. The van der Waals surface area contributed by atoms with Gasteiger partial charge in [-0.1, -0.05) is 6.92 Å². The number of aromatic nitrogens is 2. The van der Waals surface area contributed by atoms with Crippen molar-refractivity contribution < 1.29 is 0 Å². The van der Waals surface area contributed by atoms with E-state index in [4.69, 9.17) is 4.98 Å². The minimum atomic E-state index is 0.899. The molecule has 4 nitrogen and oxygen atoms in total. The van der Waals surface area contributed by atoms with E-state index in [9.17, 15) is 0 Å². The minimum Gasteiger partial charge on any atom is -0.370 e. The zero-order chi connectivity index (χ0) is 13.0. The molecule has 0 saturated carbocycles. The van der Waals surface area contributed by atoms with E-state index < -0.39 is 0 Å². The van der Waals surface area contributed by atoms with Gasteiger partial charge in [-0.3, -0.25) is 0 Å². The Kier molecular flexibility index (Phi) is 4.39. The minimum absolute atomic E-state index is 0.899. The molecular formula is C14H24N4. The summed E-state index contributed by atoms with van der Waals surface area (Å²) in [6.07, 6.45) is 4.96. The normalized spacial score (nSPS) is 15.8. The maximum absolute atomic E-state index is 4.70. The molecule has 1 aromatic rings. The van der Waals surface area contributed by atoms with Crippen molar-refractivity contribution in [1.82, 2.24) is 9.97 Å². The summed E-state index contributed by atoms with van der Waals surface area (Å²) in [4.78, 5) is 11.7. The lowest BCUT2D eigenvalue weighted by Gasteiger charge is -2.27. The maximum Gasteiger partial charge on any atom is 0.227 e. The Bertz CT molecular complexity index is 397. The molecule has 4 heteroatoms. The average molecular weight is 248 g/mol. The van der Waals surface area contributed by atoms with Gasteiger partial charge in [0.25, 0.3) is 0 Å². The molecule has 0 atom stereocenters. The predicted molar refractivity (Wildman–Crippen MR) is 76.4 cm³/mol. The Balaban J connectivity index is 2.22. The average Bonchev–Trinajstić information content (AvgIpc) is 2.41. The summed E-state index contributed by atoms with van der Waals surface area (Å²) in [7, 11) is 0. The second kappa shape index (κ2) is 6.03. The van der Waals surface area contributed by atoms with Crippen LogP contribution in [0.2, 0.25) is 0 Å². The van der Waals surface area contributed by atoms with Gasteiger partial charge in [-0.25, -0.2) is 4.98 Å². The first-order valence-corrected chi connectivity index (χ1v) is 7.06. The third-order valence-corrected chi connectivity index (χ3v) is 3.56. The van der Waals surface area contributed by atoms with E-state index >= 15 is 0 Å². The molecule has 1 aliphatic rings. The third kappa shape index (κ3) is 2.92. The fraction of sp³-hybridized carbons (Fsp3) is 0.714. The molecule has 18 heavy (non-hydrogen) atoms. The Hall–Kier alpha value is -1.32. The standard InChI is InChI=1S/C14H24N4/c1-4-8-15-13-11(2)12(3)16-14(17-13)18-9-6-5-7-10-18/h4-10H2,1-3H3,(H,15,16,17). The highest BCUT2D eigenvalue weighted by Gasteiger charge is 2.16. The first kappa shape index (κ1) is 13.1. The lowest BCUT2D eigenvalue weighted by atomic mass is 10.1. The van der Waals surface area contributed by atoms with E-state index in [0.717, 1.165) is 43.5 Å². The number of hydrogen-bond donors (Lipinski definition) is 1. The monoisotopic (exact) mass is 248 g/mol.